The molecule has 0 aromatic heterocycles. The number of halogens is 1. The summed E-state index contributed by atoms with van der Waals surface area (Å²) in [4.78, 5) is 0. The van der Waals surface area contributed by atoms with Crippen LogP contribution < -0.4 is 5.32 Å². The molecule has 1 aromatic carbocycles. The van der Waals surface area contributed by atoms with E-state index >= 15 is 0 Å². The highest BCUT2D eigenvalue weighted by molar-refractivity contribution is 7.92. The van der Waals surface area contributed by atoms with Gasteiger partial charge in [0.05, 0.1) is 11.0 Å². The van der Waals surface area contributed by atoms with Gasteiger partial charge < -0.3 is 5.32 Å². The lowest BCUT2D eigenvalue weighted by atomic mass is 10.2. The predicted molar refractivity (Wildman–Crippen MR) is 70.0 cm³/mol. The van der Waals surface area contributed by atoms with Crippen LogP contribution >= 0.6 is 11.6 Å². The normalized spacial score (nSPS) is 22.8. The van der Waals surface area contributed by atoms with Gasteiger partial charge in [-0.1, -0.05) is 23.7 Å². The molecule has 1 aromatic rings. The van der Waals surface area contributed by atoms with Gasteiger partial charge in [0, 0.05) is 18.1 Å². The Labute approximate surface area is 107 Å². The lowest BCUT2D eigenvalue weighted by Gasteiger charge is -2.10. The van der Waals surface area contributed by atoms with Crippen LogP contribution in [-0.2, 0) is 16.4 Å². The van der Waals surface area contributed by atoms with Crippen LogP contribution in [-0.4, -0.2) is 26.0 Å². The van der Waals surface area contributed by atoms with Crippen LogP contribution in [0.3, 0.4) is 0 Å². The van der Waals surface area contributed by atoms with Crippen molar-refractivity contribution < 1.29 is 8.42 Å². The van der Waals surface area contributed by atoms with Gasteiger partial charge in [-0.3, -0.25) is 0 Å². The van der Waals surface area contributed by atoms with Crippen molar-refractivity contribution in [2.75, 3.05) is 12.3 Å². The highest BCUT2D eigenvalue weighted by Gasteiger charge is 2.30. The zero-order valence-electron chi connectivity index (χ0n) is 9.52. The maximum absolute atomic E-state index is 11.6. The van der Waals surface area contributed by atoms with E-state index in [2.05, 4.69) is 5.32 Å². The van der Waals surface area contributed by atoms with Crippen molar-refractivity contribution >= 4 is 21.4 Å². The molecule has 94 valence electrons. The summed E-state index contributed by atoms with van der Waals surface area (Å²) in [6.07, 6.45) is 1.59. The van der Waals surface area contributed by atoms with Crippen molar-refractivity contribution in [3.8, 4) is 0 Å². The van der Waals surface area contributed by atoms with E-state index in [-0.39, 0.29) is 5.25 Å². The second-order valence-corrected chi connectivity index (χ2v) is 7.23. The van der Waals surface area contributed by atoms with Crippen LogP contribution in [0.5, 0.6) is 0 Å². The van der Waals surface area contributed by atoms with Crippen LogP contribution in [0.25, 0.3) is 0 Å². The Hall–Kier alpha value is -0.580. The van der Waals surface area contributed by atoms with Gasteiger partial charge in [-0.25, -0.2) is 8.42 Å². The van der Waals surface area contributed by atoms with E-state index in [0.717, 1.165) is 18.4 Å². The van der Waals surface area contributed by atoms with Gasteiger partial charge in [0.1, 0.15) is 0 Å². The number of rotatable bonds is 4. The van der Waals surface area contributed by atoms with Crippen LogP contribution in [0.4, 0.5) is 0 Å². The molecular weight excluding hydrogens is 258 g/mol. The second kappa shape index (κ2) is 5.38. The summed E-state index contributed by atoms with van der Waals surface area (Å²) in [5.41, 5.74) is 1.12. The molecule has 1 aliphatic heterocycles. The fourth-order valence-corrected chi connectivity index (χ4v) is 3.99. The van der Waals surface area contributed by atoms with E-state index < -0.39 is 9.84 Å². The van der Waals surface area contributed by atoms with Crippen molar-refractivity contribution in [2.45, 2.75) is 24.6 Å². The second-order valence-electron chi connectivity index (χ2n) is 4.39. The van der Waals surface area contributed by atoms with E-state index in [4.69, 9.17) is 11.6 Å². The van der Waals surface area contributed by atoms with E-state index in [0.29, 0.717) is 23.9 Å². The van der Waals surface area contributed by atoms with E-state index in [1.165, 1.54) is 0 Å². The van der Waals surface area contributed by atoms with E-state index in [1.54, 1.807) is 0 Å². The highest BCUT2D eigenvalue weighted by atomic mass is 35.5. The summed E-state index contributed by atoms with van der Waals surface area (Å²) in [6.45, 7) is 1.23. The molecule has 1 unspecified atom stereocenters. The maximum atomic E-state index is 11.6. The van der Waals surface area contributed by atoms with Gasteiger partial charge in [-0.05, 0) is 30.5 Å². The number of sulfone groups is 1. The first-order chi connectivity index (χ1) is 8.08. The van der Waals surface area contributed by atoms with Gasteiger partial charge in [0.15, 0.2) is 9.84 Å². The first-order valence-electron chi connectivity index (χ1n) is 5.75. The number of benzene rings is 1. The zero-order chi connectivity index (χ0) is 12.3. The summed E-state index contributed by atoms with van der Waals surface area (Å²) in [5, 5.41) is 3.71. The molecule has 3 nitrogen and oxygen atoms in total. The quantitative estimate of drug-likeness (QED) is 0.913. The molecule has 0 bridgehead atoms. The Morgan fingerprint density at radius 3 is 2.59 bits per heavy atom. The topological polar surface area (TPSA) is 46.2 Å². The molecule has 0 aliphatic carbocycles. The molecular formula is C12H16ClNO2S. The Morgan fingerprint density at radius 1 is 1.29 bits per heavy atom. The molecule has 1 fully saturated rings. The minimum atomic E-state index is -2.83. The van der Waals surface area contributed by atoms with E-state index in [9.17, 15) is 8.42 Å². The molecule has 0 saturated carbocycles. The average molecular weight is 274 g/mol. The highest BCUT2D eigenvalue weighted by Crippen LogP contribution is 2.19. The van der Waals surface area contributed by atoms with Crippen molar-refractivity contribution in [1.29, 1.82) is 0 Å². The summed E-state index contributed by atoms with van der Waals surface area (Å²) in [6, 6.07) is 7.56. The lowest BCUT2D eigenvalue weighted by molar-refractivity contribution is 0.574. The summed E-state index contributed by atoms with van der Waals surface area (Å²) < 4.78 is 23.2. The first-order valence-corrected chi connectivity index (χ1v) is 7.84. The van der Waals surface area contributed by atoms with Crippen LogP contribution in [0.15, 0.2) is 24.3 Å². The lowest BCUT2D eigenvalue weighted by Crippen LogP contribution is -2.30. The predicted octanol–water partition coefficient (Wildman–Crippen LogP) is 2.01. The minimum absolute atomic E-state index is 0.199. The molecule has 5 heteroatoms. The van der Waals surface area contributed by atoms with Crippen molar-refractivity contribution in [1.82, 2.24) is 5.32 Å². The monoisotopic (exact) mass is 273 g/mol. The smallest absolute Gasteiger partial charge is 0.154 e. The third kappa shape index (κ3) is 3.44. The zero-order valence-corrected chi connectivity index (χ0v) is 11.1. The molecule has 17 heavy (non-hydrogen) atoms. The van der Waals surface area contributed by atoms with Gasteiger partial charge in [-0.15, -0.1) is 0 Å². The Bertz CT molecular complexity index is 470. The number of hydrogen-bond acceptors (Lipinski definition) is 3. The van der Waals surface area contributed by atoms with Crippen molar-refractivity contribution in [3.63, 3.8) is 0 Å². The molecule has 0 radical (unpaired) electrons. The SMILES string of the molecule is O=S1(=O)CCCC1CNCc1ccc(Cl)cc1. The number of hydrogen-bond donors (Lipinski definition) is 1. The molecule has 1 saturated heterocycles. The summed E-state index contributed by atoms with van der Waals surface area (Å²) in [7, 11) is -2.83. The van der Waals surface area contributed by atoms with Gasteiger partial charge >= 0.3 is 0 Å². The average Bonchev–Trinajstić information content (AvgIpc) is 2.61. The van der Waals surface area contributed by atoms with Crippen LogP contribution in [0.1, 0.15) is 18.4 Å². The molecule has 1 atom stereocenters. The van der Waals surface area contributed by atoms with Crippen LogP contribution in [0.2, 0.25) is 5.02 Å². The fourth-order valence-electron chi connectivity index (χ4n) is 2.07. The van der Waals surface area contributed by atoms with E-state index in [1.807, 2.05) is 24.3 Å². The molecule has 0 amide bonds. The van der Waals surface area contributed by atoms with Crippen molar-refractivity contribution in [2.24, 2.45) is 0 Å². The fraction of sp³-hybridized carbons (Fsp3) is 0.500. The Kier molecular flexibility index (Phi) is 4.07. The maximum Gasteiger partial charge on any atom is 0.154 e. The summed E-state index contributed by atoms with van der Waals surface area (Å²) in [5.74, 6) is 0.348. The number of nitrogens with one attached hydrogen (secondary N) is 1. The third-order valence-corrected chi connectivity index (χ3v) is 5.61. The Balaban J connectivity index is 1.82. The van der Waals surface area contributed by atoms with Crippen LogP contribution in [0, 0.1) is 0 Å². The van der Waals surface area contributed by atoms with Gasteiger partial charge in [0.2, 0.25) is 0 Å². The molecule has 2 rings (SSSR count). The third-order valence-electron chi connectivity index (χ3n) is 3.08. The van der Waals surface area contributed by atoms with Gasteiger partial charge in [0.25, 0.3) is 0 Å². The summed E-state index contributed by atoms with van der Waals surface area (Å²) >= 11 is 5.79. The minimum Gasteiger partial charge on any atom is -0.311 e. The molecule has 1 heterocycles. The molecule has 0 spiro atoms. The standard InChI is InChI=1S/C12H16ClNO2S/c13-11-5-3-10(4-6-11)8-14-9-12-2-1-7-17(12,15)16/h3-6,12,14H,1-2,7-9H2. The Morgan fingerprint density at radius 2 is 2.00 bits per heavy atom. The molecule has 1 N–H and O–H groups in total. The van der Waals surface area contributed by atoms with Gasteiger partial charge in [-0.2, -0.15) is 0 Å². The molecule has 1 aliphatic rings. The largest absolute Gasteiger partial charge is 0.311 e. The van der Waals surface area contributed by atoms with Crippen molar-refractivity contribution in [3.05, 3.63) is 34.9 Å². The first kappa shape index (κ1) is 12.9.